The first kappa shape index (κ1) is 15.2. The maximum atomic E-state index is 10.6. The van der Waals surface area contributed by atoms with E-state index in [1.165, 1.54) is 0 Å². The Morgan fingerprint density at radius 1 is 1.50 bits per heavy atom. The third-order valence-electron chi connectivity index (χ3n) is 2.19. The van der Waals surface area contributed by atoms with Crippen molar-refractivity contribution in [2.45, 2.75) is 12.5 Å². The topological polar surface area (TPSA) is 72.5 Å². The molecule has 0 saturated carbocycles. The van der Waals surface area contributed by atoms with Crippen LogP contribution in [-0.2, 0) is 4.79 Å². The summed E-state index contributed by atoms with van der Waals surface area (Å²) in [4.78, 5) is 10.6. The molecule has 18 heavy (non-hydrogen) atoms. The molecule has 0 aliphatic heterocycles. The highest BCUT2D eigenvalue weighted by atomic mass is 79.9. The molecule has 4 nitrogen and oxygen atoms in total. The number of benzene rings is 1. The zero-order chi connectivity index (χ0) is 13.7. The van der Waals surface area contributed by atoms with Crippen LogP contribution >= 0.6 is 31.9 Å². The van der Waals surface area contributed by atoms with Gasteiger partial charge in [0.05, 0.1) is 15.4 Å². The number of ether oxygens (including phenoxy) is 1. The van der Waals surface area contributed by atoms with Crippen LogP contribution in [0.1, 0.15) is 18.0 Å². The second kappa shape index (κ2) is 6.92. The highest BCUT2D eigenvalue weighted by Gasteiger charge is 2.15. The van der Waals surface area contributed by atoms with Crippen LogP contribution in [0, 0.1) is 0 Å². The van der Waals surface area contributed by atoms with Gasteiger partial charge in [-0.25, -0.2) is 0 Å². The van der Waals surface area contributed by atoms with Crippen molar-refractivity contribution in [2.24, 2.45) is 5.73 Å². The zero-order valence-corrected chi connectivity index (χ0v) is 12.7. The Morgan fingerprint density at radius 3 is 2.50 bits per heavy atom. The summed E-state index contributed by atoms with van der Waals surface area (Å²) in [6, 6.07) is 2.97. The minimum atomic E-state index is -0.929. The van der Waals surface area contributed by atoms with Crippen LogP contribution in [0.25, 0.3) is 0 Å². The largest absolute Gasteiger partial charge is 0.487 e. The molecule has 0 heterocycles. The van der Waals surface area contributed by atoms with E-state index >= 15 is 0 Å². The lowest BCUT2D eigenvalue weighted by Gasteiger charge is -2.14. The highest BCUT2D eigenvalue weighted by Crippen LogP contribution is 2.36. The number of rotatable bonds is 6. The molecular weight excluding hydrogens is 366 g/mol. The Hall–Kier alpha value is -0.850. The van der Waals surface area contributed by atoms with E-state index in [0.717, 1.165) is 14.5 Å². The van der Waals surface area contributed by atoms with E-state index in [9.17, 15) is 4.79 Å². The molecule has 0 aliphatic rings. The zero-order valence-electron chi connectivity index (χ0n) is 9.53. The molecule has 0 radical (unpaired) electrons. The van der Waals surface area contributed by atoms with Gasteiger partial charge in [0, 0.05) is 6.04 Å². The van der Waals surface area contributed by atoms with Gasteiger partial charge in [-0.05, 0) is 49.6 Å². The monoisotopic (exact) mass is 377 g/mol. The van der Waals surface area contributed by atoms with Crippen LogP contribution < -0.4 is 10.5 Å². The third-order valence-corrected chi connectivity index (χ3v) is 3.37. The minimum Gasteiger partial charge on any atom is -0.487 e. The average Bonchev–Trinajstić information content (AvgIpc) is 2.26. The molecule has 0 aromatic heterocycles. The summed E-state index contributed by atoms with van der Waals surface area (Å²) in [7, 11) is 0. The summed E-state index contributed by atoms with van der Waals surface area (Å²) >= 11 is 6.74. The maximum absolute atomic E-state index is 10.6. The first-order valence-corrected chi connectivity index (χ1v) is 6.74. The molecule has 0 aliphatic carbocycles. The number of hydrogen-bond acceptors (Lipinski definition) is 3. The molecule has 1 aromatic carbocycles. The minimum absolute atomic E-state index is 0.119. The van der Waals surface area contributed by atoms with Gasteiger partial charge in [-0.1, -0.05) is 12.7 Å². The summed E-state index contributed by atoms with van der Waals surface area (Å²) < 4.78 is 6.90. The molecule has 0 spiro atoms. The molecule has 0 fully saturated rings. The highest BCUT2D eigenvalue weighted by molar-refractivity contribution is 9.11. The van der Waals surface area contributed by atoms with E-state index in [1.807, 2.05) is 0 Å². The molecule has 1 atom stereocenters. The van der Waals surface area contributed by atoms with Gasteiger partial charge < -0.3 is 15.6 Å². The smallest absolute Gasteiger partial charge is 0.305 e. The predicted molar refractivity (Wildman–Crippen MR) is 76.7 cm³/mol. The van der Waals surface area contributed by atoms with E-state index in [1.54, 1.807) is 18.2 Å². The molecule has 1 unspecified atom stereocenters. The van der Waals surface area contributed by atoms with Gasteiger partial charge >= 0.3 is 5.97 Å². The van der Waals surface area contributed by atoms with Crippen molar-refractivity contribution in [1.82, 2.24) is 0 Å². The second-order valence-corrected chi connectivity index (χ2v) is 5.33. The second-order valence-electron chi connectivity index (χ2n) is 3.62. The predicted octanol–water partition coefficient (Wildman–Crippen LogP) is 3.25. The van der Waals surface area contributed by atoms with E-state index in [0.29, 0.717) is 12.4 Å². The van der Waals surface area contributed by atoms with Crippen LogP contribution in [0.3, 0.4) is 0 Å². The van der Waals surface area contributed by atoms with E-state index in [-0.39, 0.29) is 6.42 Å². The van der Waals surface area contributed by atoms with E-state index < -0.39 is 12.0 Å². The molecule has 1 aromatic rings. The van der Waals surface area contributed by atoms with Gasteiger partial charge in [0.1, 0.15) is 12.4 Å². The van der Waals surface area contributed by atoms with Gasteiger partial charge in [-0.2, -0.15) is 0 Å². The number of nitrogens with two attached hydrogens (primary N) is 1. The van der Waals surface area contributed by atoms with Gasteiger partial charge in [0.15, 0.2) is 0 Å². The summed E-state index contributed by atoms with van der Waals surface area (Å²) in [6.45, 7) is 3.96. The summed E-state index contributed by atoms with van der Waals surface area (Å²) in [6.07, 6.45) is 1.52. The number of carboxylic acids is 1. The van der Waals surface area contributed by atoms with Gasteiger partial charge in [-0.3, -0.25) is 4.79 Å². The maximum Gasteiger partial charge on any atom is 0.305 e. The van der Waals surface area contributed by atoms with Crippen molar-refractivity contribution in [3.63, 3.8) is 0 Å². The van der Waals surface area contributed by atoms with Crippen LogP contribution in [0.4, 0.5) is 0 Å². The van der Waals surface area contributed by atoms with Crippen molar-refractivity contribution in [3.8, 4) is 5.75 Å². The fourth-order valence-corrected chi connectivity index (χ4v) is 2.83. The van der Waals surface area contributed by atoms with Crippen molar-refractivity contribution in [1.29, 1.82) is 0 Å². The molecule has 98 valence electrons. The number of halogens is 2. The fourth-order valence-electron chi connectivity index (χ4n) is 1.38. The normalized spacial score (nSPS) is 11.9. The molecule has 0 bridgehead atoms. The first-order chi connectivity index (χ1) is 8.45. The quantitative estimate of drug-likeness (QED) is 0.745. The third kappa shape index (κ3) is 4.12. The van der Waals surface area contributed by atoms with Gasteiger partial charge in [0.2, 0.25) is 0 Å². The van der Waals surface area contributed by atoms with Crippen LogP contribution in [0.2, 0.25) is 0 Å². The SMILES string of the molecule is C=CCOc1c(Br)cc(C(N)CC(=O)O)cc1Br. The molecule has 0 saturated heterocycles. The van der Waals surface area contributed by atoms with Gasteiger partial charge in [-0.15, -0.1) is 0 Å². The van der Waals surface area contributed by atoms with Gasteiger partial charge in [0.25, 0.3) is 0 Å². The molecule has 6 heteroatoms. The van der Waals surface area contributed by atoms with Crippen molar-refractivity contribution in [3.05, 3.63) is 39.3 Å². The lowest BCUT2D eigenvalue weighted by atomic mass is 10.0. The van der Waals surface area contributed by atoms with Crippen molar-refractivity contribution in [2.75, 3.05) is 6.61 Å². The molecular formula is C12H13Br2NO3. The number of hydrogen-bond donors (Lipinski definition) is 2. The molecule has 3 N–H and O–H groups in total. The summed E-state index contributed by atoms with van der Waals surface area (Å²) in [5, 5.41) is 8.72. The first-order valence-electron chi connectivity index (χ1n) is 5.15. The summed E-state index contributed by atoms with van der Waals surface area (Å²) in [5.41, 5.74) is 6.53. The fraction of sp³-hybridized carbons (Fsp3) is 0.250. The van der Waals surface area contributed by atoms with Crippen molar-refractivity contribution >= 4 is 37.8 Å². The number of aliphatic carboxylic acids is 1. The Kier molecular flexibility index (Phi) is 5.84. The van der Waals surface area contributed by atoms with Crippen LogP contribution in [-0.4, -0.2) is 17.7 Å². The van der Waals surface area contributed by atoms with E-state index in [2.05, 4.69) is 38.4 Å². The number of carboxylic acid groups (broad SMARTS) is 1. The Balaban J connectivity index is 2.98. The number of carbonyl (C=O) groups is 1. The molecule has 1 rings (SSSR count). The lowest BCUT2D eigenvalue weighted by molar-refractivity contribution is -0.137. The standard InChI is InChI=1S/C12H13Br2NO3/c1-2-3-18-12-8(13)4-7(5-9(12)14)10(15)6-11(16)17/h2,4-5,10H,1,3,6,15H2,(H,16,17). The molecule has 0 amide bonds. The van der Waals surface area contributed by atoms with Crippen molar-refractivity contribution < 1.29 is 14.6 Å². The van der Waals surface area contributed by atoms with E-state index in [4.69, 9.17) is 15.6 Å². The van der Waals surface area contributed by atoms with Crippen LogP contribution in [0.5, 0.6) is 5.75 Å². The van der Waals surface area contributed by atoms with Crippen LogP contribution in [0.15, 0.2) is 33.7 Å². The summed E-state index contributed by atoms with van der Waals surface area (Å²) in [5.74, 6) is -0.289. The average molecular weight is 379 g/mol. The lowest BCUT2D eigenvalue weighted by Crippen LogP contribution is -2.15. The Bertz CT molecular complexity index is 440. The Morgan fingerprint density at radius 2 is 2.06 bits per heavy atom. The Labute approximate surface area is 122 Å².